The summed E-state index contributed by atoms with van der Waals surface area (Å²) in [6.45, 7) is 7.33. The third kappa shape index (κ3) is 2.60. The third-order valence-electron chi connectivity index (χ3n) is 6.85. The van der Waals surface area contributed by atoms with Gasteiger partial charge in [0.15, 0.2) is 0 Å². The van der Waals surface area contributed by atoms with Gasteiger partial charge in [-0.05, 0) is 60.3 Å². The minimum Gasteiger partial charge on any atom is -0.392 e. The molecule has 0 bridgehead atoms. The highest BCUT2D eigenvalue weighted by Crippen LogP contribution is 2.61. The Balaban J connectivity index is 1.99. The summed E-state index contributed by atoms with van der Waals surface area (Å²) in [7, 11) is 0. The molecule has 0 spiro atoms. The van der Waals surface area contributed by atoms with Gasteiger partial charge < -0.3 is 5.11 Å². The van der Waals surface area contributed by atoms with Crippen LogP contribution in [-0.2, 0) is 4.79 Å². The molecule has 1 saturated carbocycles. The summed E-state index contributed by atoms with van der Waals surface area (Å²) < 4.78 is 0. The summed E-state index contributed by atoms with van der Waals surface area (Å²) in [5.74, 6) is 1.21. The second-order valence-corrected chi connectivity index (χ2v) is 8.66. The number of fused-ring (bicyclic) bond motifs is 3. The predicted molar refractivity (Wildman–Crippen MR) is 89.4 cm³/mol. The molecule has 2 heteroatoms. The van der Waals surface area contributed by atoms with E-state index >= 15 is 0 Å². The maximum absolute atomic E-state index is 11.2. The summed E-state index contributed by atoms with van der Waals surface area (Å²) in [5, 5.41) is 10.3. The van der Waals surface area contributed by atoms with Crippen molar-refractivity contribution in [3.05, 3.63) is 23.3 Å². The highest BCUT2D eigenvalue weighted by atomic mass is 16.3. The van der Waals surface area contributed by atoms with E-state index in [1.165, 1.54) is 24.8 Å². The molecule has 0 heterocycles. The summed E-state index contributed by atoms with van der Waals surface area (Å²) in [6, 6.07) is 0. The maximum atomic E-state index is 11.2. The number of aliphatic hydroxyl groups excluding tert-OH is 1. The summed E-state index contributed by atoms with van der Waals surface area (Å²) in [4.78, 5) is 11.2. The first-order valence-corrected chi connectivity index (χ1v) is 8.88. The van der Waals surface area contributed by atoms with E-state index in [4.69, 9.17) is 0 Å². The lowest BCUT2D eigenvalue weighted by Gasteiger charge is -2.57. The Hall–Kier alpha value is -0.890. The SMILES string of the molecule is CC1(C)CCC[C@]2(C)[C@H]3C/C=C(/C=O)C[C@H](O)CC3=CC[C@@H]12. The normalized spacial score (nSPS) is 43.5. The van der Waals surface area contributed by atoms with Crippen molar-refractivity contribution >= 4 is 6.29 Å². The van der Waals surface area contributed by atoms with Crippen LogP contribution >= 0.6 is 0 Å². The van der Waals surface area contributed by atoms with Gasteiger partial charge in [0.2, 0.25) is 0 Å². The topological polar surface area (TPSA) is 37.3 Å². The number of hydrogen-bond acceptors (Lipinski definition) is 2. The van der Waals surface area contributed by atoms with Gasteiger partial charge in [-0.15, -0.1) is 0 Å². The molecule has 3 aliphatic rings. The molecule has 0 aromatic heterocycles. The Labute approximate surface area is 134 Å². The Kier molecular flexibility index (Phi) is 4.09. The molecule has 1 fully saturated rings. The number of aldehydes is 1. The first kappa shape index (κ1) is 16.0. The molecule has 0 saturated heterocycles. The van der Waals surface area contributed by atoms with Crippen molar-refractivity contribution in [1.29, 1.82) is 0 Å². The van der Waals surface area contributed by atoms with Crippen molar-refractivity contribution in [3.8, 4) is 0 Å². The van der Waals surface area contributed by atoms with Crippen LogP contribution in [0.1, 0.15) is 65.7 Å². The quantitative estimate of drug-likeness (QED) is 0.574. The van der Waals surface area contributed by atoms with Crippen LogP contribution in [0, 0.1) is 22.7 Å². The molecule has 0 unspecified atom stereocenters. The molecule has 0 radical (unpaired) electrons. The van der Waals surface area contributed by atoms with Crippen molar-refractivity contribution in [2.24, 2.45) is 22.7 Å². The van der Waals surface area contributed by atoms with Crippen LogP contribution in [-0.4, -0.2) is 17.5 Å². The first-order valence-electron chi connectivity index (χ1n) is 8.88. The molecule has 22 heavy (non-hydrogen) atoms. The average molecular weight is 302 g/mol. The number of allylic oxidation sites excluding steroid dienone is 2. The molecule has 0 aromatic rings. The van der Waals surface area contributed by atoms with Gasteiger partial charge in [-0.1, -0.05) is 44.9 Å². The van der Waals surface area contributed by atoms with Gasteiger partial charge in [0, 0.05) is 6.42 Å². The third-order valence-corrected chi connectivity index (χ3v) is 6.85. The molecule has 1 N–H and O–H groups in total. The summed E-state index contributed by atoms with van der Waals surface area (Å²) in [5.41, 5.74) is 2.94. The fourth-order valence-electron chi connectivity index (χ4n) is 5.72. The zero-order chi connectivity index (χ0) is 16.0. The van der Waals surface area contributed by atoms with Gasteiger partial charge in [-0.2, -0.15) is 0 Å². The van der Waals surface area contributed by atoms with Crippen molar-refractivity contribution in [3.63, 3.8) is 0 Å². The average Bonchev–Trinajstić information content (AvgIpc) is 2.41. The largest absolute Gasteiger partial charge is 0.392 e. The molecule has 0 aromatic carbocycles. The van der Waals surface area contributed by atoms with Crippen LogP contribution in [0.2, 0.25) is 0 Å². The molecular formula is C20H30O2. The van der Waals surface area contributed by atoms with E-state index in [2.05, 4.69) is 32.9 Å². The molecule has 4 atom stereocenters. The Bertz CT molecular complexity index is 514. The number of hydrogen-bond donors (Lipinski definition) is 1. The van der Waals surface area contributed by atoms with E-state index in [-0.39, 0.29) is 0 Å². The lowest BCUT2D eigenvalue weighted by Crippen LogP contribution is -2.49. The zero-order valence-corrected chi connectivity index (χ0v) is 14.3. The Morgan fingerprint density at radius 3 is 2.64 bits per heavy atom. The molecule has 122 valence electrons. The minimum atomic E-state index is -0.401. The summed E-state index contributed by atoms with van der Waals surface area (Å²) >= 11 is 0. The van der Waals surface area contributed by atoms with Crippen molar-refractivity contribution in [2.45, 2.75) is 71.8 Å². The molecule has 3 rings (SSSR count). The van der Waals surface area contributed by atoms with Crippen LogP contribution in [0.25, 0.3) is 0 Å². The van der Waals surface area contributed by atoms with Crippen LogP contribution in [0.5, 0.6) is 0 Å². The van der Waals surface area contributed by atoms with Gasteiger partial charge >= 0.3 is 0 Å². The Morgan fingerprint density at radius 1 is 1.14 bits per heavy atom. The summed E-state index contributed by atoms with van der Waals surface area (Å²) in [6.07, 6.45) is 12.4. The van der Waals surface area contributed by atoms with Gasteiger partial charge in [0.25, 0.3) is 0 Å². The molecule has 2 nitrogen and oxygen atoms in total. The van der Waals surface area contributed by atoms with Crippen molar-refractivity contribution in [2.75, 3.05) is 0 Å². The van der Waals surface area contributed by atoms with E-state index in [1.807, 2.05) is 0 Å². The first-order chi connectivity index (χ1) is 10.4. The smallest absolute Gasteiger partial charge is 0.145 e. The van der Waals surface area contributed by atoms with E-state index in [9.17, 15) is 9.90 Å². The van der Waals surface area contributed by atoms with Gasteiger partial charge in [-0.3, -0.25) is 4.79 Å². The molecule has 0 aliphatic heterocycles. The van der Waals surface area contributed by atoms with E-state index in [0.717, 1.165) is 31.1 Å². The van der Waals surface area contributed by atoms with E-state index < -0.39 is 6.10 Å². The van der Waals surface area contributed by atoms with Gasteiger partial charge in [-0.25, -0.2) is 0 Å². The molecular weight excluding hydrogens is 272 g/mol. The van der Waals surface area contributed by atoms with Crippen molar-refractivity contribution in [1.82, 2.24) is 0 Å². The zero-order valence-electron chi connectivity index (χ0n) is 14.3. The highest BCUT2D eigenvalue weighted by molar-refractivity contribution is 5.73. The van der Waals surface area contributed by atoms with Crippen molar-refractivity contribution < 1.29 is 9.90 Å². The fourth-order valence-corrected chi connectivity index (χ4v) is 5.72. The number of rotatable bonds is 1. The lowest BCUT2D eigenvalue weighted by atomic mass is 9.47. The molecule has 3 aliphatic carbocycles. The maximum Gasteiger partial charge on any atom is 0.145 e. The predicted octanol–water partition coefficient (Wildman–Crippen LogP) is 4.44. The van der Waals surface area contributed by atoms with E-state index in [0.29, 0.717) is 29.1 Å². The number of aliphatic hydroxyl groups is 1. The van der Waals surface area contributed by atoms with Gasteiger partial charge in [0.05, 0.1) is 6.10 Å². The molecule has 0 amide bonds. The minimum absolute atomic E-state index is 0.313. The number of carbonyl (C=O) groups excluding carboxylic acids is 1. The van der Waals surface area contributed by atoms with Crippen LogP contribution < -0.4 is 0 Å². The van der Waals surface area contributed by atoms with E-state index in [1.54, 1.807) is 0 Å². The second kappa shape index (κ2) is 5.63. The Morgan fingerprint density at radius 2 is 1.91 bits per heavy atom. The fraction of sp³-hybridized carbons (Fsp3) is 0.750. The monoisotopic (exact) mass is 302 g/mol. The van der Waals surface area contributed by atoms with Crippen LogP contribution in [0.4, 0.5) is 0 Å². The standard InChI is InChI=1S/C20H30O2/c1-19(2)9-4-10-20(3)17-7-5-14(13-21)11-16(22)12-15(17)6-8-18(19)20/h5-6,13,16-18,22H,4,7-12H2,1-3H3/b14-5+/t16-,17-,18-,20+/m0/s1. The van der Waals surface area contributed by atoms with Crippen LogP contribution in [0.3, 0.4) is 0 Å². The second-order valence-electron chi connectivity index (χ2n) is 8.66. The lowest BCUT2D eigenvalue weighted by molar-refractivity contribution is -0.105. The number of carbonyl (C=O) groups is 1. The van der Waals surface area contributed by atoms with Crippen LogP contribution in [0.15, 0.2) is 23.3 Å². The highest BCUT2D eigenvalue weighted by Gasteiger charge is 2.52. The van der Waals surface area contributed by atoms with Gasteiger partial charge in [0.1, 0.15) is 6.29 Å².